The second-order valence-corrected chi connectivity index (χ2v) is 6.09. The van der Waals surface area contributed by atoms with E-state index in [4.69, 9.17) is 0 Å². The van der Waals surface area contributed by atoms with Gasteiger partial charge >= 0.3 is 0 Å². The molecule has 0 spiro atoms. The van der Waals surface area contributed by atoms with Crippen molar-refractivity contribution >= 4 is 5.69 Å². The smallest absolute Gasteiger partial charge is 0.270 e. The Morgan fingerprint density at radius 2 is 1.86 bits per heavy atom. The van der Waals surface area contributed by atoms with E-state index in [2.05, 4.69) is 9.80 Å². The average Bonchev–Trinajstić information content (AvgIpc) is 3.27. The zero-order valence-corrected chi connectivity index (χ0v) is 12.1. The number of benzene rings is 1. The molecule has 1 aromatic rings. The fourth-order valence-electron chi connectivity index (χ4n) is 2.85. The summed E-state index contributed by atoms with van der Waals surface area (Å²) >= 11 is 0. The Bertz CT molecular complexity index is 523. The van der Waals surface area contributed by atoms with Gasteiger partial charge in [-0.1, -0.05) is 0 Å². The first-order valence-electron chi connectivity index (χ1n) is 7.53. The van der Waals surface area contributed by atoms with Crippen LogP contribution in [-0.4, -0.2) is 52.6 Å². The first kappa shape index (κ1) is 14.3. The Kier molecular flexibility index (Phi) is 4.07. The number of hydrogen-bond donors (Lipinski definition) is 1. The van der Waals surface area contributed by atoms with Gasteiger partial charge in [0.05, 0.1) is 4.92 Å². The molecule has 0 radical (unpaired) electrons. The molecule has 1 saturated heterocycles. The average molecular weight is 291 g/mol. The van der Waals surface area contributed by atoms with Gasteiger partial charge in [-0.25, -0.2) is 0 Å². The Morgan fingerprint density at radius 3 is 2.48 bits per heavy atom. The van der Waals surface area contributed by atoms with Gasteiger partial charge in [-0.05, 0) is 24.8 Å². The second-order valence-electron chi connectivity index (χ2n) is 6.09. The first-order valence-corrected chi connectivity index (χ1v) is 7.53. The van der Waals surface area contributed by atoms with Crippen LogP contribution in [0.1, 0.15) is 18.4 Å². The summed E-state index contributed by atoms with van der Waals surface area (Å²) in [5.41, 5.74) is 0.676. The number of nitro benzene ring substituents is 1. The molecule has 2 fully saturated rings. The molecular formula is C15H21N3O3. The van der Waals surface area contributed by atoms with Gasteiger partial charge in [0.1, 0.15) is 5.75 Å². The summed E-state index contributed by atoms with van der Waals surface area (Å²) in [6, 6.07) is 4.23. The summed E-state index contributed by atoms with van der Waals surface area (Å²) in [5, 5.41) is 20.7. The molecule has 2 aliphatic rings. The van der Waals surface area contributed by atoms with Crippen molar-refractivity contribution in [2.45, 2.75) is 19.4 Å². The minimum absolute atomic E-state index is 0.0372. The number of piperazine rings is 1. The monoisotopic (exact) mass is 291 g/mol. The third kappa shape index (κ3) is 3.71. The first-order chi connectivity index (χ1) is 10.1. The van der Waals surface area contributed by atoms with Crippen LogP contribution in [0.5, 0.6) is 5.75 Å². The Balaban J connectivity index is 1.56. The van der Waals surface area contributed by atoms with E-state index >= 15 is 0 Å². The van der Waals surface area contributed by atoms with Crippen LogP contribution >= 0.6 is 0 Å². The van der Waals surface area contributed by atoms with Crippen molar-refractivity contribution in [1.82, 2.24) is 9.80 Å². The van der Waals surface area contributed by atoms with Crippen molar-refractivity contribution in [3.05, 3.63) is 33.9 Å². The largest absolute Gasteiger partial charge is 0.508 e. The van der Waals surface area contributed by atoms with Crippen molar-refractivity contribution in [2.75, 3.05) is 32.7 Å². The predicted octanol–water partition coefficient (Wildman–Crippen LogP) is 1.83. The van der Waals surface area contributed by atoms with Gasteiger partial charge in [-0.2, -0.15) is 0 Å². The lowest BCUT2D eigenvalue weighted by molar-refractivity contribution is -0.385. The minimum Gasteiger partial charge on any atom is -0.508 e. The zero-order valence-electron chi connectivity index (χ0n) is 12.1. The quantitative estimate of drug-likeness (QED) is 0.662. The summed E-state index contributed by atoms with van der Waals surface area (Å²) in [6.45, 7) is 5.79. The molecule has 1 saturated carbocycles. The number of nitrogens with zero attached hydrogens (tertiary/aromatic N) is 3. The van der Waals surface area contributed by atoms with Gasteiger partial charge in [-0.15, -0.1) is 0 Å². The number of aromatic hydroxyl groups is 1. The van der Waals surface area contributed by atoms with E-state index in [1.165, 1.54) is 37.6 Å². The van der Waals surface area contributed by atoms with E-state index in [9.17, 15) is 15.2 Å². The molecule has 114 valence electrons. The molecule has 0 aromatic heterocycles. The number of rotatable bonds is 5. The number of phenolic OH excluding ortho intramolecular Hbond substituents is 1. The molecule has 0 unspecified atom stereocenters. The van der Waals surface area contributed by atoms with Crippen LogP contribution in [0.25, 0.3) is 0 Å². The van der Waals surface area contributed by atoms with E-state index in [1.54, 1.807) is 0 Å². The molecule has 6 nitrogen and oxygen atoms in total. The van der Waals surface area contributed by atoms with Gasteiger partial charge in [-0.3, -0.25) is 15.0 Å². The van der Waals surface area contributed by atoms with Crippen LogP contribution in [0.2, 0.25) is 0 Å². The summed E-state index contributed by atoms with van der Waals surface area (Å²) in [7, 11) is 0. The lowest BCUT2D eigenvalue weighted by Gasteiger charge is -2.34. The Labute approximate surface area is 124 Å². The number of non-ortho nitro benzene ring substituents is 1. The molecule has 0 amide bonds. The maximum atomic E-state index is 10.8. The third-order valence-electron chi connectivity index (χ3n) is 4.35. The minimum atomic E-state index is -0.420. The van der Waals surface area contributed by atoms with Crippen LogP contribution in [0, 0.1) is 16.0 Å². The van der Waals surface area contributed by atoms with Gasteiger partial charge < -0.3 is 10.0 Å². The lowest BCUT2D eigenvalue weighted by atomic mass is 10.1. The standard InChI is InChI=1S/C15H21N3O3/c19-15-4-3-14(18(20)21)9-13(15)11-17-7-5-16(6-8-17)10-12-1-2-12/h3-4,9,12,19H,1-2,5-8,10-11H2. The van der Waals surface area contributed by atoms with Crippen molar-refractivity contribution in [3.63, 3.8) is 0 Å². The molecule has 0 bridgehead atoms. The van der Waals surface area contributed by atoms with Crippen LogP contribution < -0.4 is 0 Å². The number of nitro groups is 1. The Morgan fingerprint density at radius 1 is 1.19 bits per heavy atom. The summed E-state index contributed by atoms with van der Waals surface area (Å²) in [6.07, 6.45) is 2.75. The van der Waals surface area contributed by atoms with E-state index in [0.29, 0.717) is 12.1 Å². The molecule has 1 aliphatic heterocycles. The van der Waals surface area contributed by atoms with Gasteiger partial charge in [0, 0.05) is 57.0 Å². The lowest BCUT2D eigenvalue weighted by Crippen LogP contribution is -2.46. The highest BCUT2D eigenvalue weighted by Gasteiger charge is 2.26. The molecule has 1 aromatic carbocycles. The maximum Gasteiger partial charge on any atom is 0.270 e. The van der Waals surface area contributed by atoms with E-state index in [1.807, 2.05) is 0 Å². The molecule has 1 heterocycles. The van der Waals surface area contributed by atoms with Crippen LogP contribution in [0.3, 0.4) is 0 Å². The molecule has 1 N–H and O–H groups in total. The fourth-order valence-corrected chi connectivity index (χ4v) is 2.85. The zero-order chi connectivity index (χ0) is 14.8. The summed E-state index contributed by atoms with van der Waals surface area (Å²) < 4.78 is 0. The molecule has 1 aliphatic carbocycles. The van der Waals surface area contributed by atoms with Gasteiger partial charge in [0.25, 0.3) is 5.69 Å². The maximum absolute atomic E-state index is 10.8. The van der Waals surface area contributed by atoms with Crippen molar-refractivity contribution in [1.29, 1.82) is 0 Å². The normalized spacial score (nSPS) is 20.6. The highest BCUT2D eigenvalue weighted by Crippen LogP contribution is 2.30. The van der Waals surface area contributed by atoms with Crippen molar-refractivity contribution in [3.8, 4) is 5.75 Å². The molecule has 3 rings (SSSR count). The van der Waals surface area contributed by atoms with Crippen LogP contribution in [0.15, 0.2) is 18.2 Å². The molecule has 6 heteroatoms. The predicted molar refractivity (Wildman–Crippen MR) is 79.2 cm³/mol. The fraction of sp³-hybridized carbons (Fsp3) is 0.600. The van der Waals surface area contributed by atoms with Crippen molar-refractivity contribution in [2.24, 2.45) is 5.92 Å². The highest BCUT2D eigenvalue weighted by molar-refractivity contribution is 5.42. The third-order valence-corrected chi connectivity index (χ3v) is 4.35. The number of phenols is 1. The van der Waals surface area contributed by atoms with Gasteiger partial charge in [0.15, 0.2) is 0 Å². The molecule has 0 atom stereocenters. The number of hydrogen-bond acceptors (Lipinski definition) is 5. The topological polar surface area (TPSA) is 69.8 Å². The SMILES string of the molecule is O=[N+]([O-])c1ccc(O)c(CN2CCN(CC3CC3)CC2)c1. The summed E-state index contributed by atoms with van der Waals surface area (Å²) in [4.78, 5) is 15.1. The summed E-state index contributed by atoms with van der Waals surface area (Å²) in [5.74, 6) is 1.05. The van der Waals surface area contributed by atoms with Crippen molar-refractivity contribution < 1.29 is 10.0 Å². The molecule has 21 heavy (non-hydrogen) atoms. The Hall–Kier alpha value is -1.66. The van der Waals surface area contributed by atoms with E-state index in [-0.39, 0.29) is 11.4 Å². The van der Waals surface area contributed by atoms with Crippen LogP contribution in [-0.2, 0) is 6.54 Å². The van der Waals surface area contributed by atoms with E-state index in [0.717, 1.165) is 32.1 Å². The van der Waals surface area contributed by atoms with Gasteiger partial charge in [0.2, 0.25) is 0 Å². The second kappa shape index (κ2) is 5.99. The molecular weight excluding hydrogens is 270 g/mol. The van der Waals surface area contributed by atoms with Crippen LogP contribution in [0.4, 0.5) is 5.69 Å². The highest BCUT2D eigenvalue weighted by atomic mass is 16.6. The van der Waals surface area contributed by atoms with E-state index < -0.39 is 4.92 Å².